The van der Waals surface area contributed by atoms with Gasteiger partial charge in [-0.2, -0.15) is 0 Å². The number of hydrogen-bond donors (Lipinski definition) is 2. The molecule has 130 valence electrons. The molecule has 0 aliphatic carbocycles. The number of rotatable bonds is 5. The fourth-order valence-corrected chi connectivity index (χ4v) is 2.89. The van der Waals surface area contributed by atoms with Crippen LogP contribution in [0.15, 0.2) is 48.5 Å². The van der Waals surface area contributed by atoms with Crippen molar-refractivity contribution in [3.05, 3.63) is 59.7 Å². The van der Waals surface area contributed by atoms with Crippen LogP contribution in [0.4, 0.5) is 11.4 Å². The van der Waals surface area contributed by atoms with Gasteiger partial charge in [-0.25, -0.2) is 0 Å². The molecule has 0 aromatic heterocycles. The van der Waals surface area contributed by atoms with Gasteiger partial charge in [0.15, 0.2) is 0 Å². The highest BCUT2D eigenvalue weighted by atomic mass is 16.2. The average Bonchev–Trinajstić information content (AvgIpc) is 3.16. The Kier molecular flexibility index (Phi) is 5.33. The molecule has 5 nitrogen and oxygen atoms in total. The number of benzene rings is 2. The van der Waals surface area contributed by atoms with E-state index < -0.39 is 0 Å². The van der Waals surface area contributed by atoms with Crippen LogP contribution >= 0.6 is 0 Å². The van der Waals surface area contributed by atoms with Crippen molar-refractivity contribution >= 4 is 23.2 Å². The second-order valence-electron chi connectivity index (χ2n) is 6.35. The maximum absolute atomic E-state index is 12.4. The average molecular weight is 337 g/mol. The quantitative estimate of drug-likeness (QED) is 0.880. The molecule has 0 bridgehead atoms. The normalized spacial score (nSPS) is 13.6. The lowest BCUT2D eigenvalue weighted by atomic mass is 10.1. The van der Waals surface area contributed by atoms with Crippen molar-refractivity contribution in [3.8, 4) is 0 Å². The van der Waals surface area contributed by atoms with Crippen LogP contribution < -0.4 is 10.6 Å². The molecule has 2 N–H and O–H groups in total. The minimum absolute atomic E-state index is 0.0604. The molecule has 2 aromatic carbocycles. The van der Waals surface area contributed by atoms with Gasteiger partial charge in [0.2, 0.25) is 5.91 Å². The summed E-state index contributed by atoms with van der Waals surface area (Å²) >= 11 is 0. The monoisotopic (exact) mass is 337 g/mol. The van der Waals surface area contributed by atoms with Gasteiger partial charge in [-0.3, -0.25) is 9.59 Å². The smallest absolute Gasteiger partial charge is 0.253 e. The summed E-state index contributed by atoms with van der Waals surface area (Å²) in [6.45, 7) is 3.81. The highest BCUT2D eigenvalue weighted by Crippen LogP contribution is 2.16. The van der Waals surface area contributed by atoms with Crippen molar-refractivity contribution in [2.45, 2.75) is 19.8 Å². The van der Waals surface area contributed by atoms with Crippen molar-refractivity contribution in [3.63, 3.8) is 0 Å². The summed E-state index contributed by atoms with van der Waals surface area (Å²) in [6, 6.07) is 15.0. The Balaban J connectivity index is 1.55. The molecule has 1 heterocycles. The third-order valence-electron chi connectivity index (χ3n) is 4.29. The third-order valence-corrected chi connectivity index (χ3v) is 4.29. The molecular formula is C20H23N3O2. The topological polar surface area (TPSA) is 61.4 Å². The van der Waals surface area contributed by atoms with Crippen molar-refractivity contribution in [2.75, 3.05) is 30.3 Å². The zero-order valence-electron chi connectivity index (χ0n) is 14.4. The van der Waals surface area contributed by atoms with E-state index in [0.717, 1.165) is 42.9 Å². The van der Waals surface area contributed by atoms with Gasteiger partial charge in [0.1, 0.15) is 0 Å². The summed E-state index contributed by atoms with van der Waals surface area (Å²) in [5.74, 6) is -0.0645. The largest absolute Gasteiger partial charge is 0.376 e. The highest BCUT2D eigenvalue weighted by molar-refractivity contribution is 5.96. The SMILES string of the molecule is Cc1ccc(NC(=O)CNc2cccc(C(=O)N3CCCC3)c2)cc1. The Morgan fingerprint density at radius 2 is 1.72 bits per heavy atom. The van der Waals surface area contributed by atoms with Crippen molar-refractivity contribution in [2.24, 2.45) is 0 Å². The standard InChI is InChI=1S/C20H23N3O2/c1-15-7-9-17(10-8-15)22-19(24)14-21-18-6-4-5-16(13-18)20(25)23-11-2-3-12-23/h4-10,13,21H,2-3,11-12,14H2,1H3,(H,22,24). The van der Waals surface area contributed by atoms with Crippen LogP contribution in [0.5, 0.6) is 0 Å². The Bertz CT molecular complexity index is 750. The van der Waals surface area contributed by atoms with E-state index in [1.807, 2.05) is 54.3 Å². The van der Waals surface area contributed by atoms with E-state index in [1.54, 1.807) is 6.07 Å². The number of hydrogen-bond acceptors (Lipinski definition) is 3. The first kappa shape index (κ1) is 17.0. The van der Waals surface area contributed by atoms with Gasteiger partial charge in [0.25, 0.3) is 5.91 Å². The van der Waals surface area contributed by atoms with Crippen LogP contribution in [0.1, 0.15) is 28.8 Å². The lowest BCUT2D eigenvalue weighted by molar-refractivity contribution is -0.114. The number of nitrogens with one attached hydrogen (secondary N) is 2. The van der Waals surface area contributed by atoms with E-state index in [0.29, 0.717) is 5.56 Å². The first-order chi connectivity index (χ1) is 12.1. The van der Waals surface area contributed by atoms with Crippen molar-refractivity contribution in [1.29, 1.82) is 0 Å². The van der Waals surface area contributed by atoms with Crippen LogP contribution in [0.2, 0.25) is 0 Å². The summed E-state index contributed by atoms with van der Waals surface area (Å²) < 4.78 is 0. The van der Waals surface area contributed by atoms with Crippen LogP contribution in [0, 0.1) is 6.92 Å². The van der Waals surface area contributed by atoms with Gasteiger partial charge in [-0.1, -0.05) is 23.8 Å². The number of amides is 2. The number of carbonyl (C=O) groups is 2. The van der Waals surface area contributed by atoms with E-state index in [4.69, 9.17) is 0 Å². The second-order valence-corrected chi connectivity index (χ2v) is 6.35. The fraction of sp³-hybridized carbons (Fsp3) is 0.300. The van der Waals surface area contributed by atoms with E-state index in [1.165, 1.54) is 0 Å². The molecule has 0 radical (unpaired) electrons. The lowest BCUT2D eigenvalue weighted by Gasteiger charge is -2.16. The molecule has 0 atom stereocenters. The lowest BCUT2D eigenvalue weighted by Crippen LogP contribution is -2.27. The Hall–Kier alpha value is -2.82. The molecule has 0 saturated carbocycles. The molecule has 0 spiro atoms. The molecule has 1 saturated heterocycles. The van der Waals surface area contributed by atoms with Gasteiger partial charge >= 0.3 is 0 Å². The molecule has 0 unspecified atom stereocenters. The molecule has 5 heteroatoms. The summed E-state index contributed by atoms with van der Waals surface area (Å²) in [7, 11) is 0. The minimum atomic E-state index is -0.125. The van der Waals surface area contributed by atoms with Crippen molar-refractivity contribution in [1.82, 2.24) is 4.90 Å². The van der Waals surface area contributed by atoms with Gasteiger partial charge in [-0.15, -0.1) is 0 Å². The first-order valence-corrected chi connectivity index (χ1v) is 8.61. The fourth-order valence-electron chi connectivity index (χ4n) is 2.89. The van der Waals surface area contributed by atoms with E-state index >= 15 is 0 Å². The predicted octanol–water partition coefficient (Wildman–Crippen LogP) is 3.28. The van der Waals surface area contributed by atoms with Gasteiger partial charge in [0, 0.05) is 30.0 Å². The summed E-state index contributed by atoms with van der Waals surface area (Å²) in [4.78, 5) is 26.4. The number of carbonyl (C=O) groups excluding carboxylic acids is 2. The van der Waals surface area contributed by atoms with Gasteiger partial charge in [-0.05, 0) is 50.1 Å². The van der Waals surface area contributed by atoms with E-state index in [9.17, 15) is 9.59 Å². The summed E-state index contributed by atoms with van der Waals surface area (Å²) in [6.07, 6.45) is 2.14. The van der Waals surface area contributed by atoms with Gasteiger partial charge in [0.05, 0.1) is 6.54 Å². The molecule has 25 heavy (non-hydrogen) atoms. The molecule has 3 rings (SSSR count). The second kappa shape index (κ2) is 7.83. The summed E-state index contributed by atoms with van der Waals surface area (Å²) in [5.41, 5.74) is 3.35. The number of aryl methyl sites for hydroxylation is 1. The van der Waals surface area contributed by atoms with Crippen LogP contribution in [-0.4, -0.2) is 36.3 Å². The third kappa shape index (κ3) is 4.59. The van der Waals surface area contributed by atoms with Crippen molar-refractivity contribution < 1.29 is 9.59 Å². The molecular weight excluding hydrogens is 314 g/mol. The summed E-state index contributed by atoms with van der Waals surface area (Å²) in [5, 5.41) is 5.92. The Morgan fingerprint density at radius 1 is 1.00 bits per heavy atom. The number of anilines is 2. The Morgan fingerprint density at radius 3 is 2.44 bits per heavy atom. The molecule has 2 aromatic rings. The maximum atomic E-state index is 12.4. The Labute approximate surface area is 148 Å². The maximum Gasteiger partial charge on any atom is 0.253 e. The molecule has 1 aliphatic heterocycles. The van der Waals surface area contributed by atoms with Gasteiger partial charge < -0.3 is 15.5 Å². The predicted molar refractivity (Wildman–Crippen MR) is 99.9 cm³/mol. The highest BCUT2D eigenvalue weighted by Gasteiger charge is 2.19. The molecule has 1 fully saturated rings. The van der Waals surface area contributed by atoms with Crippen LogP contribution in [-0.2, 0) is 4.79 Å². The van der Waals surface area contributed by atoms with Crippen LogP contribution in [0.25, 0.3) is 0 Å². The van der Waals surface area contributed by atoms with Crippen LogP contribution in [0.3, 0.4) is 0 Å². The molecule has 2 amide bonds. The molecule has 1 aliphatic rings. The number of nitrogens with zero attached hydrogens (tertiary/aromatic N) is 1. The van der Waals surface area contributed by atoms with E-state index in [-0.39, 0.29) is 18.4 Å². The minimum Gasteiger partial charge on any atom is -0.376 e. The zero-order valence-corrected chi connectivity index (χ0v) is 14.4. The first-order valence-electron chi connectivity index (χ1n) is 8.61. The zero-order chi connectivity index (χ0) is 17.6. The number of likely N-dealkylation sites (tertiary alicyclic amines) is 1. The van der Waals surface area contributed by atoms with E-state index in [2.05, 4.69) is 10.6 Å².